The van der Waals surface area contributed by atoms with E-state index >= 15 is 0 Å². The average Bonchev–Trinajstić information content (AvgIpc) is 2.36. The van der Waals surface area contributed by atoms with E-state index in [2.05, 4.69) is 6.07 Å². The minimum absolute atomic E-state index is 0.185. The largest absolute Gasteiger partial charge is 0.204 e. The smallest absolute Gasteiger partial charge is 0.179 e. The molecule has 0 bridgehead atoms. The molecule has 0 fully saturated rings. The molecule has 0 unspecified atom stereocenters. The van der Waals surface area contributed by atoms with Gasteiger partial charge < -0.3 is 0 Å². The van der Waals surface area contributed by atoms with Crippen molar-refractivity contribution in [1.82, 2.24) is 0 Å². The lowest BCUT2D eigenvalue weighted by Crippen LogP contribution is -1.99. The van der Waals surface area contributed by atoms with E-state index in [4.69, 9.17) is 23.2 Å². The summed E-state index contributed by atoms with van der Waals surface area (Å²) in [5, 5.41) is -1.39. The van der Waals surface area contributed by atoms with Gasteiger partial charge in [0, 0.05) is 0 Å². The van der Waals surface area contributed by atoms with Gasteiger partial charge in [-0.2, -0.15) is 0 Å². The van der Waals surface area contributed by atoms with E-state index in [1.165, 1.54) is 6.07 Å². The number of benzene rings is 2. The summed E-state index contributed by atoms with van der Waals surface area (Å²) in [6.07, 6.45) is 0. The monoisotopic (exact) mass is 289 g/mol. The molecule has 2 aromatic carbocycles. The highest BCUT2D eigenvalue weighted by Gasteiger charge is 2.24. The van der Waals surface area contributed by atoms with Crippen molar-refractivity contribution in [1.29, 1.82) is 0 Å². The Labute approximate surface area is 112 Å². The van der Waals surface area contributed by atoms with Gasteiger partial charge >= 0.3 is 0 Å². The van der Waals surface area contributed by atoms with Crippen LogP contribution >= 0.6 is 23.2 Å². The second kappa shape index (κ2) is 4.82. The molecule has 0 spiro atoms. The molecule has 0 saturated carbocycles. The maximum Gasteiger partial charge on any atom is 0.179 e. The number of rotatable bonds is 1. The van der Waals surface area contributed by atoms with Gasteiger partial charge in [-0.3, -0.25) is 0 Å². The third-order valence-electron chi connectivity index (χ3n) is 2.54. The zero-order valence-corrected chi connectivity index (χ0v) is 10.6. The SMILES string of the molecule is Cc1[c]cccc1-c1c(F)c(F)c(Cl)c(Cl)c1F. The predicted octanol–water partition coefficient (Wildman–Crippen LogP) is 5.19. The Morgan fingerprint density at radius 3 is 2.22 bits per heavy atom. The lowest BCUT2D eigenvalue weighted by atomic mass is 9.99. The lowest BCUT2D eigenvalue weighted by molar-refractivity contribution is 0.499. The van der Waals surface area contributed by atoms with Crippen molar-refractivity contribution >= 4 is 23.2 Å². The van der Waals surface area contributed by atoms with Crippen LogP contribution in [0.15, 0.2) is 18.2 Å². The van der Waals surface area contributed by atoms with Crippen molar-refractivity contribution in [3.63, 3.8) is 0 Å². The van der Waals surface area contributed by atoms with E-state index < -0.39 is 33.1 Å². The molecule has 0 amide bonds. The van der Waals surface area contributed by atoms with E-state index in [1.807, 2.05) is 0 Å². The van der Waals surface area contributed by atoms with Crippen molar-refractivity contribution < 1.29 is 13.2 Å². The molecule has 2 rings (SSSR count). The first-order valence-electron chi connectivity index (χ1n) is 4.94. The standard InChI is InChI=1S/C13H6Cl2F3/c1-6-4-2-3-5-7(6)8-11(16)9(14)10(15)13(18)12(8)17/h2-3,5H,1H3. The van der Waals surface area contributed by atoms with Gasteiger partial charge in [0.1, 0.15) is 5.02 Å². The van der Waals surface area contributed by atoms with Crippen LogP contribution in [0.4, 0.5) is 13.2 Å². The van der Waals surface area contributed by atoms with Crippen molar-refractivity contribution in [2.45, 2.75) is 6.92 Å². The number of halogens is 5. The van der Waals surface area contributed by atoms with Crippen molar-refractivity contribution in [2.75, 3.05) is 0 Å². The minimum Gasteiger partial charge on any atom is -0.204 e. The van der Waals surface area contributed by atoms with Crippen molar-refractivity contribution in [3.05, 3.63) is 57.3 Å². The molecule has 5 heteroatoms. The maximum absolute atomic E-state index is 13.9. The Bertz CT molecular complexity index is 595. The Morgan fingerprint density at radius 2 is 1.61 bits per heavy atom. The Morgan fingerprint density at radius 1 is 1.00 bits per heavy atom. The van der Waals surface area contributed by atoms with Gasteiger partial charge in [0.15, 0.2) is 17.5 Å². The molecule has 2 aromatic rings. The molecule has 0 N–H and O–H groups in total. The summed E-state index contributed by atoms with van der Waals surface area (Å²) in [5.74, 6) is -3.80. The zero-order chi connectivity index (χ0) is 13.4. The van der Waals surface area contributed by atoms with Crippen LogP contribution in [0, 0.1) is 30.4 Å². The Kier molecular flexibility index (Phi) is 3.55. The van der Waals surface area contributed by atoms with E-state index in [0.717, 1.165) is 0 Å². The van der Waals surface area contributed by atoms with Crippen LogP contribution in [-0.2, 0) is 0 Å². The Balaban J connectivity index is 2.85. The minimum atomic E-state index is -1.36. The summed E-state index contributed by atoms with van der Waals surface area (Å²) in [4.78, 5) is 0. The summed E-state index contributed by atoms with van der Waals surface area (Å²) in [5.41, 5.74) is 0.134. The normalized spacial score (nSPS) is 10.8. The van der Waals surface area contributed by atoms with Gasteiger partial charge in [0.2, 0.25) is 0 Å². The molecule has 0 saturated heterocycles. The second-order valence-electron chi connectivity index (χ2n) is 3.65. The number of hydrogen-bond acceptors (Lipinski definition) is 0. The van der Waals surface area contributed by atoms with Crippen LogP contribution < -0.4 is 0 Å². The molecule has 1 radical (unpaired) electrons. The summed E-state index contributed by atoms with van der Waals surface area (Å²) in [7, 11) is 0. The fourth-order valence-corrected chi connectivity index (χ4v) is 1.98. The van der Waals surface area contributed by atoms with Gasteiger partial charge in [-0.05, 0) is 24.1 Å². The molecule has 0 aliphatic heterocycles. The fourth-order valence-electron chi connectivity index (χ4n) is 1.63. The topological polar surface area (TPSA) is 0 Å². The highest BCUT2D eigenvalue weighted by atomic mass is 35.5. The van der Waals surface area contributed by atoms with Crippen LogP contribution in [0.5, 0.6) is 0 Å². The third kappa shape index (κ3) is 1.98. The first-order valence-corrected chi connectivity index (χ1v) is 5.69. The molecule has 18 heavy (non-hydrogen) atoms. The maximum atomic E-state index is 13.9. The van der Waals surface area contributed by atoms with Gasteiger partial charge in [0.25, 0.3) is 0 Å². The van der Waals surface area contributed by atoms with Crippen LogP contribution in [0.2, 0.25) is 10.0 Å². The molecular weight excluding hydrogens is 284 g/mol. The third-order valence-corrected chi connectivity index (χ3v) is 3.35. The van der Waals surface area contributed by atoms with Crippen LogP contribution in [0.1, 0.15) is 5.56 Å². The summed E-state index contributed by atoms with van der Waals surface area (Å²) in [6.45, 7) is 1.61. The van der Waals surface area contributed by atoms with Crippen molar-refractivity contribution in [3.8, 4) is 11.1 Å². The summed E-state index contributed by atoms with van der Waals surface area (Å²) < 4.78 is 41.2. The lowest BCUT2D eigenvalue weighted by Gasteiger charge is -2.11. The van der Waals surface area contributed by atoms with Crippen molar-refractivity contribution in [2.24, 2.45) is 0 Å². The molecule has 0 aromatic heterocycles. The van der Waals surface area contributed by atoms with E-state index in [-0.39, 0.29) is 5.56 Å². The first-order chi connectivity index (χ1) is 8.45. The molecular formula is C13H6Cl2F3. The van der Waals surface area contributed by atoms with Crippen LogP contribution in [0.3, 0.4) is 0 Å². The van der Waals surface area contributed by atoms with Gasteiger partial charge in [0.05, 0.1) is 10.6 Å². The fraction of sp³-hybridized carbons (Fsp3) is 0.0769. The Hall–Kier alpha value is -1.19. The second-order valence-corrected chi connectivity index (χ2v) is 4.41. The predicted molar refractivity (Wildman–Crippen MR) is 65.3 cm³/mol. The van der Waals surface area contributed by atoms with Crippen LogP contribution in [0.25, 0.3) is 11.1 Å². The number of aryl methyl sites for hydroxylation is 1. The number of hydrogen-bond donors (Lipinski definition) is 0. The van der Waals surface area contributed by atoms with E-state index in [1.54, 1.807) is 19.1 Å². The van der Waals surface area contributed by atoms with Crippen LogP contribution in [-0.4, -0.2) is 0 Å². The molecule has 0 nitrogen and oxygen atoms in total. The molecule has 0 aliphatic rings. The van der Waals surface area contributed by atoms with E-state index in [9.17, 15) is 13.2 Å². The average molecular weight is 290 g/mol. The van der Waals surface area contributed by atoms with Gasteiger partial charge in [-0.1, -0.05) is 41.4 Å². The molecule has 0 aliphatic carbocycles. The highest BCUT2D eigenvalue weighted by Crippen LogP contribution is 2.38. The van der Waals surface area contributed by atoms with E-state index in [0.29, 0.717) is 5.56 Å². The molecule has 93 valence electrons. The first kappa shape index (κ1) is 13.2. The summed E-state index contributed by atoms with van der Waals surface area (Å²) in [6, 6.07) is 7.36. The van der Waals surface area contributed by atoms with Gasteiger partial charge in [-0.15, -0.1) is 0 Å². The molecule has 0 heterocycles. The highest BCUT2D eigenvalue weighted by molar-refractivity contribution is 6.42. The quantitative estimate of drug-likeness (QED) is 0.501. The molecule has 0 atom stereocenters. The van der Waals surface area contributed by atoms with Gasteiger partial charge in [-0.25, -0.2) is 13.2 Å². The summed E-state index contributed by atoms with van der Waals surface area (Å²) >= 11 is 10.9. The zero-order valence-electron chi connectivity index (χ0n) is 9.12.